The van der Waals surface area contributed by atoms with Gasteiger partial charge in [-0.25, -0.2) is 4.21 Å². The molecule has 0 aromatic heterocycles. The van der Waals surface area contributed by atoms with Crippen molar-refractivity contribution in [3.05, 3.63) is 0 Å². The van der Waals surface area contributed by atoms with Gasteiger partial charge in [-0.3, -0.25) is 9.18 Å². The lowest BCUT2D eigenvalue weighted by molar-refractivity contribution is -0.147. The average molecular weight is 226 g/mol. The predicted molar refractivity (Wildman–Crippen MR) is 51.0 cm³/mol. The molecule has 0 fully saturated rings. The van der Waals surface area contributed by atoms with Gasteiger partial charge in [0.1, 0.15) is 6.10 Å². The van der Waals surface area contributed by atoms with Crippen molar-refractivity contribution >= 4 is 17.0 Å². The summed E-state index contributed by atoms with van der Waals surface area (Å²) in [7, 11) is 0. The third-order valence-corrected chi connectivity index (χ3v) is 2.25. The van der Waals surface area contributed by atoms with E-state index in [0.29, 0.717) is 12.8 Å². The summed E-state index contributed by atoms with van der Waals surface area (Å²) in [6.45, 7) is 0.704. The van der Waals surface area contributed by atoms with Crippen LogP contribution in [0.3, 0.4) is 0 Å². The monoisotopic (exact) mass is 226 g/mol. The lowest BCUT2D eigenvalue weighted by Crippen LogP contribution is -2.17. The number of ether oxygens (including phenoxy) is 1. The van der Waals surface area contributed by atoms with Gasteiger partial charge in [-0.15, -0.1) is 0 Å². The van der Waals surface area contributed by atoms with Crippen LogP contribution in [0.4, 0.5) is 4.39 Å². The molecule has 0 bridgehead atoms. The molecule has 0 spiro atoms. The molecule has 6 heteroatoms. The minimum atomic E-state index is -1.83. The molecule has 0 aliphatic carbocycles. The quantitative estimate of drug-likeness (QED) is 0.524. The Morgan fingerprint density at radius 2 is 2.21 bits per heavy atom. The zero-order chi connectivity index (χ0) is 11.0. The molecule has 2 unspecified atom stereocenters. The van der Waals surface area contributed by atoms with Gasteiger partial charge in [0, 0.05) is 19.1 Å². The lowest BCUT2D eigenvalue weighted by atomic mass is 10.1. The molecule has 1 N–H and O–H groups in total. The molecule has 0 heterocycles. The Balaban J connectivity index is 3.72. The molecule has 0 rings (SSSR count). The first-order valence-corrected chi connectivity index (χ1v) is 5.64. The summed E-state index contributed by atoms with van der Waals surface area (Å²) in [5.74, 6) is -0.321. The Morgan fingerprint density at radius 1 is 1.57 bits per heavy atom. The van der Waals surface area contributed by atoms with Gasteiger partial charge >= 0.3 is 5.97 Å². The summed E-state index contributed by atoms with van der Waals surface area (Å²) < 4.78 is 35.5. The van der Waals surface area contributed by atoms with Crippen LogP contribution >= 0.6 is 0 Å². The van der Waals surface area contributed by atoms with Crippen LogP contribution in [0.1, 0.15) is 26.2 Å². The highest BCUT2D eigenvalue weighted by molar-refractivity contribution is 7.79. The van der Waals surface area contributed by atoms with Crippen LogP contribution in [0.15, 0.2) is 0 Å². The van der Waals surface area contributed by atoms with E-state index in [4.69, 9.17) is 9.29 Å². The minimum Gasteiger partial charge on any atom is -0.462 e. The molecular formula is C8H15FO4S. The van der Waals surface area contributed by atoms with Crippen molar-refractivity contribution in [3.8, 4) is 0 Å². The Kier molecular flexibility index (Phi) is 7.60. The number of alkyl halides is 1. The fourth-order valence-corrected chi connectivity index (χ4v) is 1.47. The fourth-order valence-electron chi connectivity index (χ4n) is 1.05. The minimum absolute atomic E-state index is 0.129. The standard InChI is InChI=1S/C8H15FO4S/c1-7(10)13-8(4-5-9)3-2-6-14(11)12/h8H,2-6H2,1H3,(H,11,12). The number of hydrogen-bond donors (Lipinski definition) is 1. The summed E-state index contributed by atoms with van der Waals surface area (Å²) in [6.07, 6.45) is 0.551. The third kappa shape index (κ3) is 8.12. The third-order valence-electron chi connectivity index (χ3n) is 1.61. The Bertz CT molecular complexity index is 198. The van der Waals surface area contributed by atoms with E-state index in [-0.39, 0.29) is 12.2 Å². The maximum Gasteiger partial charge on any atom is 0.302 e. The molecule has 0 saturated carbocycles. The van der Waals surface area contributed by atoms with Crippen LogP contribution in [-0.4, -0.2) is 33.3 Å². The normalized spacial score (nSPS) is 14.8. The Morgan fingerprint density at radius 3 is 2.64 bits per heavy atom. The highest BCUT2D eigenvalue weighted by Gasteiger charge is 2.11. The van der Waals surface area contributed by atoms with Gasteiger partial charge < -0.3 is 9.29 Å². The summed E-state index contributed by atoms with van der Waals surface area (Å²) in [5.41, 5.74) is 0. The van der Waals surface area contributed by atoms with Crippen molar-refractivity contribution in [2.24, 2.45) is 0 Å². The molecule has 0 aliphatic rings. The molecule has 4 nitrogen and oxygen atoms in total. The van der Waals surface area contributed by atoms with Gasteiger partial charge in [0.15, 0.2) is 11.1 Å². The summed E-state index contributed by atoms with van der Waals surface area (Å²) in [5, 5.41) is 0. The number of carbonyl (C=O) groups excluding carboxylic acids is 1. The Labute approximate surface area is 85.1 Å². The number of halogens is 1. The second-order valence-electron chi connectivity index (χ2n) is 2.88. The van der Waals surface area contributed by atoms with Crippen molar-refractivity contribution in [2.45, 2.75) is 32.3 Å². The number of carbonyl (C=O) groups is 1. The van der Waals surface area contributed by atoms with Crippen LogP contribution in [0.5, 0.6) is 0 Å². The molecule has 0 radical (unpaired) electrons. The Hall–Kier alpha value is -0.490. The van der Waals surface area contributed by atoms with Crippen LogP contribution < -0.4 is 0 Å². The zero-order valence-electron chi connectivity index (χ0n) is 8.07. The van der Waals surface area contributed by atoms with Crippen LogP contribution in [0.25, 0.3) is 0 Å². The van der Waals surface area contributed by atoms with Gasteiger partial charge in [-0.1, -0.05) is 0 Å². The van der Waals surface area contributed by atoms with E-state index in [9.17, 15) is 13.4 Å². The van der Waals surface area contributed by atoms with Gasteiger partial charge in [0.25, 0.3) is 0 Å². The molecular weight excluding hydrogens is 211 g/mol. The first-order chi connectivity index (χ1) is 6.56. The highest BCUT2D eigenvalue weighted by Crippen LogP contribution is 2.08. The molecule has 2 atom stereocenters. The van der Waals surface area contributed by atoms with Gasteiger partial charge in [-0.05, 0) is 12.8 Å². The molecule has 0 aromatic rings. The van der Waals surface area contributed by atoms with Crippen molar-refractivity contribution in [1.29, 1.82) is 0 Å². The van der Waals surface area contributed by atoms with E-state index in [1.54, 1.807) is 0 Å². The first-order valence-electron chi connectivity index (χ1n) is 4.37. The van der Waals surface area contributed by atoms with E-state index in [1.165, 1.54) is 6.92 Å². The van der Waals surface area contributed by atoms with E-state index in [1.807, 2.05) is 0 Å². The zero-order valence-corrected chi connectivity index (χ0v) is 8.89. The van der Waals surface area contributed by atoms with Gasteiger partial charge in [0.2, 0.25) is 0 Å². The maximum atomic E-state index is 12.0. The fraction of sp³-hybridized carbons (Fsp3) is 0.875. The predicted octanol–water partition coefficient (Wildman–Crippen LogP) is 1.28. The van der Waals surface area contributed by atoms with E-state index < -0.39 is 29.8 Å². The van der Waals surface area contributed by atoms with E-state index in [2.05, 4.69) is 0 Å². The molecule has 0 aromatic carbocycles. The summed E-state index contributed by atoms with van der Waals surface area (Å²) in [6, 6.07) is 0. The molecule has 84 valence electrons. The average Bonchev–Trinajstić information content (AvgIpc) is 2.02. The first kappa shape index (κ1) is 13.5. The number of rotatable bonds is 7. The smallest absolute Gasteiger partial charge is 0.302 e. The lowest BCUT2D eigenvalue weighted by Gasteiger charge is -2.14. The maximum absolute atomic E-state index is 12.0. The van der Waals surface area contributed by atoms with Crippen molar-refractivity contribution in [1.82, 2.24) is 0 Å². The SMILES string of the molecule is CC(=O)OC(CCF)CCCS(=O)O. The van der Waals surface area contributed by atoms with Crippen molar-refractivity contribution in [3.63, 3.8) is 0 Å². The van der Waals surface area contributed by atoms with Crippen LogP contribution in [-0.2, 0) is 20.6 Å². The molecule has 0 amide bonds. The second kappa shape index (κ2) is 7.87. The van der Waals surface area contributed by atoms with Crippen molar-refractivity contribution < 1.29 is 22.7 Å². The van der Waals surface area contributed by atoms with Crippen LogP contribution in [0.2, 0.25) is 0 Å². The van der Waals surface area contributed by atoms with E-state index in [0.717, 1.165) is 0 Å². The van der Waals surface area contributed by atoms with Gasteiger partial charge in [0.05, 0.1) is 6.67 Å². The van der Waals surface area contributed by atoms with Gasteiger partial charge in [-0.2, -0.15) is 0 Å². The number of hydrogen-bond acceptors (Lipinski definition) is 3. The second-order valence-corrected chi connectivity index (χ2v) is 3.93. The topological polar surface area (TPSA) is 63.6 Å². The summed E-state index contributed by atoms with van der Waals surface area (Å²) in [4.78, 5) is 10.6. The number of esters is 1. The largest absolute Gasteiger partial charge is 0.462 e. The highest BCUT2D eigenvalue weighted by atomic mass is 32.2. The van der Waals surface area contributed by atoms with Crippen LogP contribution in [0, 0.1) is 0 Å². The molecule has 0 saturated heterocycles. The molecule has 14 heavy (non-hydrogen) atoms. The summed E-state index contributed by atoms with van der Waals surface area (Å²) >= 11 is -1.83. The van der Waals surface area contributed by atoms with E-state index >= 15 is 0 Å². The van der Waals surface area contributed by atoms with Crippen molar-refractivity contribution in [2.75, 3.05) is 12.4 Å². The molecule has 0 aliphatic heterocycles.